The Kier molecular flexibility index (Phi) is 5.10. The molecule has 112 valence electrons. The number of nitrogens with zero attached hydrogens (tertiary/aromatic N) is 3. The molecule has 0 atom stereocenters. The van der Waals surface area contributed by atoms with Gasteiger partial charge >= 0.3 is 12.0 Å². The fourth-order valence-electron chi connectivity index (χ4n) is 1.52. The van der Waals surface area contributed by atoms with Crippen molar-refractivity contribution in [1.82, 2.24) is 15.0 Å². The highest BCUT2D eigenvalue weighted by Gasteiger charge is 2.07. The van der Waals surface area contributed by atoms with Crippen LogP contribution in [0.1, 0.15) is 0 Å². The molecule has 1 aromatic carbocycles. The first-order valence-corrected chi connectivity index (χ1v) is 6.29. The topological polar surface area (TPSA) is 104 Å². The van der Waals surface area contributed by atoms with Crippen LogP contribution in [0.4, 0.5) is 11.6 Å². The molecule has 0 spiro atoms. The molecule has 0 amide bonds. The van der Waals surface area contributed by atoms with Gasteiger partial charge < -0.3 is 25.3 Å². The van der Waals surface area contributed by atoms with Crippen molar-refractivity contribution in [2.45, 2.75) is 0 Å². The van der Waals surface area contributed by atoms with Crippen molar-refractivity contribution >= 4 is 11.6 Å². The highest BCUT2D eigenvalue weighted by Crippen LogP contribution is 2.20. The van der Waals surface area contributed by atoms with E-state index in [0.717, 1.165) is 11.4 Å². The lowest BCUT2D eigenvalue weighted by Crippen LogP contribution is -2.10. The van der Waals surface area contributed by atoms with Crippen molar-refractivity contribution in [3.05, 3.63) is 24.3 Å². The van der Waals surface area contributed by atoms with Crippen LogP contribution in [0.2, 0.25) is 0 Å². The zero-order chi connectivity index (χ0) is 15.1. The van der Waals surface area contributed by atoms with Gasteiger partial charge in [0.2, 0.25) is 5.95 Å². The number of benzene rings is 1. The second kappa shape index (κ2) is 7.25. The molecule has 1 aromatic heterocycles. The van der Waals surface area contributed by atoms with Gasteiger partial charge in [-0.3, -0.25) is 0 Å². The Hall–Kier alpha value is -2.61. The number of hydrogen-bond donors (Lipinski definition) is 2. The molecule has 0 bridgehead atoms. The van der Waals surface area contributed by atoms with Crippen LogP contribution in [-0.2, 0) is 0 Å². The molecule has 0 aliphatic rings. The van der Waals surface area contributed by atoms with E-state index >= 15 is 0 Å². The Morgan fingerprint density at radius 1 is 1.00 bits per heavy atom. The molecule has 1 heterocycles. The Morgan fingerprint density at radius 3 is 2.14 bits per heavy atom. The summed E-state index contributed by atoms with van der Waals surface area (Å²) in [5.74, 6) is 1.08. The number of nitrogens with one attached hydrogen (secondary N) is 1. The van der Waals surface area contributed by atoms with E-state index in [0.29, 0.717) is 19.1 Å². The first kappa shape index (κ1) is 14.8. The minimum absolute atomic E-state index is 0.173. The van der Waals surface area contributed by atoms with Gasteiger partial charge in [0.25, 0.3) is 0 Å². The third-order valence-corrected chi connectivity index (χ3v) is 2.46. The van der Waals surface area contributed by atoms with Crippen molar-refractivity contribution < 1.29 is 14.2 Å². The maximum atomic E-state index is 5.40. The SMILES string of the molecule is COc1nc(Nc2ccc(OCCN)cc2)nc(OC)n1. The Morgan fingerprint density at radius 2 is 1.62 bits per heavy atom. The first-order chi connectivity index (χ1) is 10.2. The fraction of sp³-hybridized carbons (Fsp3) is 0.308. The predicted octanol–water partition coefficient (Wildman–Crippen LogP) is 0.970. The number of methoxy groups -OCH3 is 2. The van der Waals surface area contributed by atoms with Crippen molar-refractivity contribution in [3.8, 4) is 17.8 Å². The molecule has 2 rings (SSSR count). The molecule has 3 N–H and O–H groups in total. The van der Waals surface area contributed by atoms with Crippen LogP contribution in [-0.4, -0.2) is 42.3 Å². The van der Waals surface area contributed by atoms with Gasteiger partial charge in [-0.25, -0.2) is 0 Å². The minimum atomic E-state index is 0.173. The standard InChI is InChI=1S/C13H17N5O3/c1-19-12-16-11(17-13(18-12)20-2)15-9-3-5-10(6-4-9)21-8-7-14/h3-6H,7-8,14H2,1-2H3,(H,15,16,17,18). The molecule has 0 fully saturated rings. The van der Waals surface area contributed by atoms with Crippen LogP contribution in [0.25, 0.3) is 0 Å². The van der Waals surface area contributed by atoms with Gasteiger partial charge in [-0.05, 0) is 24.3 Å². The second-order valence-electron chi connectivity index (χ2n) is 3.92. The lowest BCUT2D eigenvalue weighted by molar-refractivity contribution is 0.328. The summed E-state index contributed by atoms with van der Waals surface area (Å²) in [6, 6.07) is 7.68. The van der Waals surface area contributed by atoms with E-state index in [4.69, 9.17) is 19.9 Å². The average molecular weight is 291 g/mol. The summed E-state index contributed by atoms with van der Waals surface area (Å²) < 4.78 is 15.4. The smallest absolute Gasteiger partial charge is 0.324 e. The number of aromatic nitrogens is 3. The molecule has 0 aliphatic carbocycles. The summed E-state index contributed by atoms with van der Waals surface area (Å²) in [5.41, 5.74) is 6.18. The van der Waals surface area contributed by atoms with Gasteiger partial charge in [-0.2, -0.15) is 9.97 Å². The number of rotatable bonds is 7. The fourth-order valence-corrected chi connectivity index (χ4v) is 1.52. The predicted molar refractivity (Wildman–Crippen MR) is 77.2 cm³/mol. The maximum Gasteiger partial charge on any atom is 0.324 e. The van der Waals surface area contributed by atoms with E-state index in [-0.39, 0.29) is 12.0 Å². The van der Waals surface area contributed by atoms with Crippen molar-refractivity contribution in [2.24, 2.45) is 5.73 Å². The molecule has 2 aromatic rings. The highest BCUT2D eigenvalue weighted by molar-refractivity contribution is 5.54. The minimum Gasteiger partial charge on any atom is -0.492 e. The monoisotopic (exact) mass is 291 g/mol. The molecule has 0 saturated heterocycles. The van der Waals surface area contributed by atoms with E-state index in [1.807, 2.05) is 24.3 Å². The van der Waals surface area contributed by atoms with Crippen LogP contribution < -0.4 is 25.3 Å². The van der Waals surface area contributed by atoms with Crippen molar-refractivity contribution in [1.29, 1.82) is 0 Å². The summed E-state index contributed by atoms with van der Waals surface area (Å²) in [6.07, 6.45) is 0. The van der Waals surface area contributed by atoms with Gasteiger partial charge in [0.15, 0.2) is 0 Å². The van der Waals surface area contributed by atoms with Crippen molar-refractivity contribution in [3.63, 3.8) is 0 Å². The van der Waals surface area contributed by atoms with Crippen molar-refractivity contribution in [2.75, 3.05) is 32.7 Å². The second-order valence-corrected chi connectivity index (χ2v) is 3.92. The van der Waals surface area contributed by atoms with Crippen LogP contribution >= 0.6 is 0 Å². The number of anilines is 2. The zero-order valence-corrected chi connectivity index (χ0v) is 11.9. The van der Waals surface area contributed by atoms with Crippen LogP contribution in [0.3, 0.4) is 0 Å². The van der Waals surface area contributed by atoms with Crippen LogP contribution in [0, 0.1) is 0 Å². The summed E-state index contributed by atoms with van der Waals surface area (Å²) in [6.45, 7) is 0.957. The van der Waals surface area contributed by atoms with Gasteiger partial charge in [-0.1, -0.05) is 0 Å². The molecule has 0 saturated carbocycles. The van der Waals surface area contributed by atoms with E-state index in [1.165, 1.54) is 14.2 Å². The summed E-state index contributed by atoms with van der Waals surface area (Å²) >= 11 is 0. The molecular weight excluding hydrogens is 274 g/mol. The largest absolute Gasteiger partial charge is 0.492 e. The third-order valence-electron chi connectivity index (χ3n) is 2.46. The summed E-state index contributed by atoms with van der Waals surface area (Å²) in [4.78, 5) is 12.1. The molecule has 8 nitrogen and oxygen atoms in total. The molecule has 8 heteroatoms. The molecule has 0 unspecified atom stereocenters. The molecule has 0 aliphatic heterocycles. The summed E-state index contributed by atoms with van der Waals surface area (Å²) in [5, 5.41) is 3.03. The van der Waals surface area contributed by atoms with Gasteiger partial charge in [0, 0.05) is 12.2 Å². The quantitative estimate of drug-likeness (QED) is 0.777. The average Bonchev–Trinajstić information content (AvgIpc) is 2.53. The highest BCUT2D eigenvalue weighted by atomic mass is 16.5. The van der Waals surface area contributed by atoms with E-state index < -0.39 is 0 Å². The van der Waals surface area contributed by atoms with E-state index in [1.54, 1.807) is 0 Å². The Labute approximate surface area is 122 Å². The third kappa shape index (κ3) is 4.18. The lowest BCUT2D eigenvalue weighted by Gasteiger charge is -2.08. The van der Waals surface area contributed by atoms with Crippen LogP contribution in [0.5, 0.6) is 17.8 Å². The Balaban J connectivity index is 2.10. The zero-order valence-electron chi connectivity index (χ0n) is 11.9. The molecule has 21 heavy (non-hydrogen) atoms. The number of ether oxygens (including phenoxy) is 3. The van der Waals surface area contributed by atoms with Gasteiger partial charge in [-0.15, -0.1) is 4.98 Å². The number of nitrogens with two attached hydrogens (primary N) is 1. The molecule has 0 radical (unpaired) electrons. The van der Waals surface area contributed by atoms with Gasteiger partial charge in [0.1, 0.15) is 12.4 Å². The first-order valence-electron chi connectivity index (χ1n) is 6.29. The molecular formula is C13H17N5O3. The van der Waals surface area contributed by atoms with E-state index in [9.17, 15) is 0 Å². The maximum absolute atomic E-state index is 5.40. The summed E-state index contributed by atoms with van der Waals surface area (Å²) in [7, 11) is 2.95. The number of hydrogen-bond acceptors (Lipinski definition) is 8. The van der Waals surface area contributed by atoms with Crippen LogP contribution in [0.15, 0.2) is 24.3 Å². The van der Waals surface area contributed by atoms with Gasteiger partial charge in [0.05, 0.1) is 14.2 Å². The normalized spacial score (nSPS) is 10.0. The lowest BCUT2D eigenvalue weighted by atomic mass is 10.3. The van der Waals surface area contributed by atoms with E-state index in [2.05, 4.69) is 20.3 Å². The Bertz CT molecular complexity index is 554.